The molecule has 3 aromatic rings. The van der Waals surface area contributed by atoms with E-state index in [1.165, 1.54) is 6.07 Å². The van der Waals surface area contributed by atoms with E-state index in [9.17, 15) is 13.6 Å². The fraction of sp³-hybridized carbons (Fsp3) is 0.333. The summed E-state index contributed by atoms with van der Waals surface area (Å²) < 4.78 is 32.1. The van der Waals surface area contributed by atoms with E-state index in [1.54, 1.807) is 17.3 Å². The molecule has 154 valence electrons. The van der Waals surface area contributed by atoms with Crippen LogP contribution in [0.4, 0.5) is 8.78 Å². The molecule has 2 aliphatic rings. The van der Waals surface area contributed by atoms with Gasteiger partial charge in [0.25, 0.3) is 5.91 Å². The van der Waals surface area contributed by atoms with Crippen LogP contribution in [0.3, 0.4) is 0 Å². The van der Waals surface area contributed by atoms with Gasteiger partial charge in [0, 0.05) is 48.6 Å². The predicted molar refractivity (Wildman–Crippen MR) is 102 cm³/mol. The monoisotopic (exact) mass is 411 g/mol. The number of likely N-dealkylation sites (tertiary alicyclic amines) is 2. The molecular weight excluding hydrogens is 392 g/mol. The molecule has 1 aromatic carbocycles. The number of carbonyl (C=O) groups is 1. The number of amides is 1. The van der Waals surface area contributed by atoms with E-state index in [0.717, 1.165) is 30.7 Å². The molecule has 9 heteroatoms. The number of rotatable bonds is 3. The van der Waals surface area contributed by atoms with Crippen molar-refractivity contribution in [3.8, 4) is 11.4 Å². The van der Waals surface area contributed by atoms with Crippen molar-refractivity contribution in [1.82, 2.24) is 24.9 Å². The van der Waals surface area contributed by atoms with Crippen LogP contribution in [0.15, 0.2) is 47.2 Å². The zero-order valence-electron chi connectivity index (χ0n) is 16.3. The van der Waals surface area contributed by atoms with Crippen molar-refractivity contribution in [2.24, 2.45) is 5.41 Å². The molecule has 4 heterocycles. The van der Waals surface area contributed by atoms with Gasteiger partial charge in [0.15, 0.2) is 11.6 Å². The number of nitrogens with zero attached hydrogens (tertiary/aromatic N) is 5. The van der Waals surface area contributed by atoms with Gasteiger partial charge < -0.3 is 9.42 Å². The third kappa shape index (κ3) is 3.15. The largest absolute Gasteiger partial charge is 0.337 e. The molecule has 2 aromatic heterocycles. The Hall–Kier alpha value is -3.20. The normalized spacial score (nSPS) is 20.5. The topological polar surface area (TPSA) is 75.4 Å². The van der Waals surface area contributed by atoms with Crippen LogP contribution >= 0.6 is 0 Å². The van der Waals surface area contributed by atoms with E-state index in [4.69, 9.17) is 4.52 Å². The van der Waals surface area contributed by atoms with Gasteiger partial charge in [-0.3, -0.25) is 14.7 Å². The third-order valence-corrected chi connectivity index (χ3v) is 5.91. The highest BCUT2D eigenvalue weighted by atomic mass is 19.2. The van der Waals surface area contributed by atoms with Gasteiger partial charge in [-0.2, -0.15) is 4.98 Å². The Morgan fingerprint density at radius 3 is 2.63 bits per heavy atom. The third-order valence-electron chi connectivity index (χ3n) is 5.91. The molecule has 0 aliphatic carbocycles. The van der Waals surface area contributed by atoms with Crippen molar-refractivity contribution in [2.75, 3.05) is 26.7 Å². The Labute approximate surface area is 171 Å². The highest BCUT2D eigenvalue weighted by molar-refractivity contribution is 5.94. The van der Waals surface area contributed by atoms with Gasteiger partial charge in [0.2, 0.25) is 11.7 Å². The zero-order valence-corrected chi connectivity index (χ0v) is 16.3. The van der Waals surface area contributed by atoms with Gasteiger partial charge in [0.05, 0.1) is 6.04 Å². The molecular formula is C21H19F2N5O2. The molecule has 0 radical (unpaired) electrons. The number of pyridine rings is 1. The van der Waals surface area contributed by atoms with Crippen molar-refractivity contribution < 1.29 is 18.1 Å². The molecule has 1 spiro atoms. The number of benzene rings is 1. The molecule has 2 fully saturated rings. The van der Waals surface area contributed by atoms with Gasteiger partial charge in [-0.15, -0.1) is 0 Å². The minimum Gasteiger partial charge on any atom is -0.337 e. The lowest BCUT2D eigenvalue weighted by Gasteiger charge is -2.48. The lowest BCUT2D eigenvalue weighted by atomic mass is 9.77. The van der Waals surface area contributed by atoms with Crippen molar-refractivity contribution >= 4 is 5.91 Å². The number of carbonyl (C=O) groups excluding carboxylic acids is 1. The van der Waals surface area contributed by atoms with E-state index < -0.39 is 11.6 Å². The number of aromatic nitrogens is 3. The SMILES string of the molecule is CN1CC2(CC1c1nc(-c3ccncc3)no1)CN(C(=O)c1ccc(F)c(F)c1)C2. The Morgan fingerprint density at radius 1 is 1.13 bits per heavy atom. The molecule has 30 heavy (non-hydrogen) atoms. The van der Waals surface area contributed by atoms with E-state index in [2.05, 4.69) is 20.0 Å². The van der Waals surface area contributed by atoms with Crippen LogP contribution in [0, 0.1) is 17.0 Å². The maximum atomic E-state index is 13.5. The maximum Gasteiger partial charge on any atom is 0.254 e. The van der Waals surface area contributed by atoms with Gasteiger partial charge >= 0.3 is 0 Å². The molecule has 1 unspecified atom stereocenters. The van der Waals surface area contributed by atoms with Crippen LogP contribution in [0.2, 0.25) is 0 Å². The van der Waals surface area contributed by atoms with E-state index >= 15 is 0 Å². The second-order valence-electron chi connectivity index (χ2n) is 8.12. The summed E-state index contributed by atoms with van der Waals surface area (Å²) in [5.41, 5.74) is 0.923. The Morgan fingerprint density at radius 2 is 1.90 bits per heavy atom. The van der Waals surface area contributed by atoms with E-state index in [1.807, 2.05) is 19.2 Å². The fourth-order valence-electron chi connectivity index (χ4n) is 4.48. The summed E-state index contributed by atoms with van der Waals surface area (Å²) in [5, 5.41) is 4.08. The highest BCUT2D eigenvalue weighted by Crippen LogP contribution is 2.47. The minimum absolute atomic E-state index is 0.0337. The van der Waals surface area contributed by atoms with Crippen LogP contribution in [-0.2, 0) is 0 Å². The smallest absolute Gasteiger partial charge is 0.254 e. The van der Waals surface area contributed by atoms with Gasteiger partial charge in [-0.1, -0.05) is 5.16 Å². The Balaban J connectivity index is 1.27. The van der Waals surface area contributed by atoms with Gasteiger partial charge in [-0.25, -0.2) is 8.78 Å². The Bertz CT molecular complexity index is 1100. The van der Waals surface area contributed by atoms with Crippen LogP contribution in [-0.4, -0.2) is 57.5 Å². The Kier molecular flexibility index (Phi) is 4.35. The summed E-state index contributed by atoms with van der Waals surface area (Å²) in [6, 6.07) is 6.85. The van der Waals surface area contributed by atoms with Crippen molar-refractivity contribution in [1.29, 1.82) is 0 Å². The van der Waals surface area contributed by atoms with Crippen LogP contribution < -0.4 is 0 Å². The van der Waals surface area contributed by atoms with Crippen LogP contribution in [0.5, 0.6) is 0 Å². The summed E-state index contributed by atoms with van der Waals surface area (Å²) >= 11 is 0. The first-order valence-corrected chi connectivity index (χ1v) is 9.63. The predicted octanol–water partition coefficient (Wildman–Crippen LogP) is 2.93. The average Bonchev–Trinajstić information content (AvgIpc) is 3.34. The first kappa shape index (κ1) is 18.8. The summed E-state index contributed by atoms with van der Waals surface area (Å²) in [5.74, 6) is -1.20. The summed E-state index contributed by atoms with van der Waals surface area (Å²) in [6.07, 6.45) is 4.13. The minimum atomic E-state index is -1.02. The molecule has 0 bridgehead atoms. The maximum absolute atomic E-state index is 13.5. The number of hydrogen-bond acceptors (Lipinski definition) is 6. The number of halogens is 2. The zero-order chi connectivity index (χ0) is 20.9. The summed E-state index contributed by atoms with van der Waals surface area (Å²) in [4.78, 5) is 25.0. The molecule has 1 amide bonds. The highest BCUT2D eigenvalue weighted by Gasteiger charge is 2.53. The van der Waals surface area contributed by atoms with E-state index in [-0.39, 0.29) is 22.9 Å². The second-order valence-corrected chi connectivity index (χ2v) is 8.12. The lowest BCUT2D eigenvalue weighted by Crippen LogP contribution is -2.59. The molecule has 5 rings (SSSR count). The summed E-state index contributed by atoms with van der Waals surface area (Å²) in [6.45, 7) is 1.89. The quantitative estimate of drug-likeness (QED) is 0.660. The fourth-order valence-corrected chi connectivity index (χ4v) is 4.48. The molecule has 0 saturated carbocycles. The van der Waals surface area contributed by atoms with Crippen molar-refractivity contribution in [2.45, 2.75) is 12.5 Å². The average molecular weight is 411 g/mol. The number of hydrogen-bond donors (Lipinski definition) is 0. The van der Waals surface area contributed by atoms with Gasteiger partial charge in [0.1, 0.15) is 0 Å². The van der Waals surface area contributed by atoms with Crippen molar-refractivity contribution in [3.05, 3.63) is 65.8 Å². The van der Waals surface area contributed by atoms with Crippen molar-refractivity contribution in [3.63, 3.8) is 0 Å². The molecule has 2 aliphatic heterocycles. The first-order chi connectivity index (χ1) is 14.4. The lowest BCUT2D eigenvalue weighted by molar-refractivity contribution is 0.0114. The molecule has 2 saturated heterocycles. The molecule has 0 N–H and O–H groups in total. The standard InChI is InChI=1S/C21H19F2N5O2/c1-27-10-21(11-28(12-21)20(29)14-2-3-15(22)16(23)8-14)9-17(27)19-25-18(26-30-19)13-4-6-24-7-5-13/h2-8,17H,9-12H2,1H3. The van der Waals surface area contributed by atoms with Crippen LogP contribution in [0.1, 0.15) is 28.7 Å². The second kappa shape index (κ2) is 6.94. The summed E-state index contributed by atoms with van der Waals surface area (Å²) in [7, 11) is 2.00. The first-order valence-electron chi connectivity index (χ1n) is 9.63. The van der Waals surface area contributed by atoms with Crippen LogP contribution in [0.25, 0.3) is 11.4 Å². The van der Waals surface area contributed by atoms with E-state index in [0.29, 0.717) is 24.8 Å². The molecule has 1 atom stereocenters. The van der Waals surface area contributed by atoms with Gasteiger partial charge in [-0.05, 0) is 43.8 Å². The molecule has 7 nitrogen and oxygen atoms in total.